The molecule has 0 aliphatic heterocycles. The molecule has 1 atom stereocenters. The molecule has 16 heavy (non-hydrogen) atoms. The van der Waals surface area contributed by atoms with Crippen molar-refractivity contribution in [3.05, 3.63) is 18.0 Å². The minimum atomic E-state index is 0.178. The Morgan fingerprint density at radius 3 is 2.56 bits per heavy atom. The molecule has 0 bridgehead atoms. The molecule has 0 spiro atoms. The summed E-state index contributed by atoms with van der Waals surface area (Å²) < 4.78 is 0. The van der Waals surface area contributed by atoms with Gasteiger partial charge in [-0.05, 0) is 31.7 Å². The van der Waals surface area contributed by atoms with Crippen LogP contribution in [0, 0.1) is 0 Å². The third-order valence-electron chi connectivity index (χ3n) is 2.81. The van der Waals surface area contributed by atoms with E-state index >= 15 is 0 Å². The number of hydrogen-bond acceptors (Lipinski definition) is 4. The zero-order valence-corrected chi connectivity index (χ0v) is 10.5. The van der Waals surface area contributed by atoms with Crippen LogP contribution in [0.15, 0.2) is 17.6 Å². The van der Waals surface area contributed by atoms with E-state index in [0.717, 1.165) is 22.4 Å². The molecule has 1 heterocycles. The van der Waals surface area contributed by atoms with Gasteiger partial charge in [0.05, 0.1) is 0 Å². The third-order valence-corrected chi connectivity index (χ3v) is 4.04. The fourth-order valence-corrected chi connectivity index (χ4v) is 3.13. The highest BCUT2D eigenvalue weighted by atomic mass is 32.2. The molecule has 0 aromatic carbocycles. The van der Waals surface area contributed by atoms with Crippen LogP contribution >= 0.6 is 11.8 Å². The second kappa shape index (κ2) is 5.64. The van der Waals surface area contributed by atoms with E-state index in [2.05, 4.69) is 9.97 Å². The van der Waals surface area contributed by atoms with Gasteiger partial charge in [0, 0.05) is 23.7 Å². The maximum atomic E-state index is 5.73. The molecular formula is C12H19N3S. The summed E-state index contributed by atoms with van der Waals surface area (Å²) in [6, 6.07) is 0.178. The van der Waals surface area contributed by atoms with Crippen LogP contribution in [0.4, 0.5) is 0 Å². The van der Waals surface area contributed by atoms with Crippen molar-refractivity contribution in [2.75, 3.05) is 0 Å². The van der Waals surface area contributed by atoms with Gasteiger partial charge in [-0.1, -0.05) is 24.6 Å². The molecule has 3 nitrogen and oxygen atoms in total. The first-order valence-corrected chi connectivity index (χ1v) is 6.85. The largest absolute Gasteiger partial charge is 0.328 e. The number of hydrogen-bond donors (Lipinski definition) is 1. The molecule has 0 amide bonds. The van der Waals surface area contributed by atoms with Gasteiger partial charge in [0.15, 0.2) is 5.16 Å². The van der Waals surface area contributed by atoms with Crippen molar-refractivity contribution in [2.24, 2.45) is 5.73 Å². The fraction of sp³-hybridized carbons (Fsp3) is 0.667. The molecule has 1 aliphatic rings. The number of thioether (sulfide) groups is 1. The second-order valence-electron chi connectivity index (χ2n) is 4.58. The Morgan fingerprint density at radius 2 is 2.00 bits per heavy atom. The molecule has 1 fully saturated rings. The highest BCUT2D eigenvalue weighted by molar-refractivity contribution is 7.99. The summed E-state index contributed by atoms with van der Waals surface area (Å²) >= 11 is 1.83. The molecular weight excluding hydrogens is 218 g/mol. The summed E-state index contributed by atoms with van der Waals surface area (Å²) in [5, 5.41) is 1.65. The summed E-state index contributed by atoms with van der Waals surface area (Å²) in [5.41, 5.74) is 6.86. The minimum absolute atomic E-state index is 0.178. The molecule has 0 radical (unpaired) electrons. The first-order valence-electron chi connectivity index (χ1n) is 5.97. The van der Waals surface area contributed by atoms with E-state index in [4.69, 9.17) is 5.73 Å². The molecule has 1 unspecified atom stereocenters. The van der Waals surface area contributed by atoms with E-state index in [1.54, 1.807) is 0 Å². The van der Waals surface area contributed by atoms with Crippen LogP contribution in [0.5, 0.6) is 0 Å². The van der Waals surface area contributed by atoms with Crippen LogP contribution in [0.3, 0.4) is 0 Å². The molecule has 2 rings (SSSR count). The zero-order valence-electron chi connectivity index (χ0n) is 9.72. The number of rotatable bonds is 4. The predicted octanol–water partition coefficient (Wildman–Crippen LogP) is 2.40. The van der Waals surface area contributed by atoms with E-state index < -0.39 is 0 Å². The normalized spacial score (nSPS) is 18.9. The molecule has 1 aromatic heterocycles. The van der Waals surface area contributed by atoms with Gasteiger partial charge in [0.1, 0.15) is 0 Å². The van der Waals surface area contributed by atoms with Crippen molar-refractivity contribution in [1.82, 2.24) is 9.97 Å². The van der Waals surface area contributed by atoms with Crippen LogP contribution in [-0.2, 0) is 6.42 Å². The topological polar surface area (TPSA) is 51.8 Å². The summed E-state index contributed by atoms with van der Waals surface area (Å²) in [4.78, 5) is 8.78. The minimum Gasteiger partial charge on any atom is -0.328 e. The molecule has 1 saturated carbocycles. The maximum Gasteiger partial charge on any atom is 0.187 e. The second-order valence-corrected chi connectivity index (χ2v) is 5.85. The Bertz CT molecular complexity index is 318. The van der Waals surface area contributed by atoms with Gasteiger partial charge in [-0.3, -0.25) is 0 Å². The van der Waals surface area contributed by atoms with E-state index in [1.807, 2.05) is 31.1 Å². The molecule has 1 aromatic rings. The summed E-state index contributed by atoms with van der Waals surface area (Å²) in [5.74, 6) is 0. The van der Waals surface area contributed by atoms with Gasteiger partial charge in [-0.25, -0.2) is 9.97 Å². The van der Waals surface area contributed by atoms with E-state index in [1.165, 1.54) is 25.7 Å². The average molecular weight is 237 g/mol. The molecule has 2 N–H and O–H groups in total. The van der Waals surface area contributed by atoms with Gasteiger partial charge < -0.3 is 5.73 Å². The summed E-state index contributed by atoms with van der Waals surface area (Å²) in [6.45, 7) is 2.00. The van der Waals surface area contributed by atoms with Crippen molar-refractivity contribution in [2.45, 2.75) is 55.5 Å². The van der Waals surface area contributed by atoms with Crippen molar-refractivity contribution >= 4 is 11.8 Å². The first kappa shape index (κ1) is 11.9. The van der Waals surface area contributed by atoms with Crippen LogP contribution < -0.4 is 5.73 Å². The van der Waals surface area contributed by atoms with E-state index in [9.17, 15) is 0 Å². The van der Waals surface area contributed by atoms with Gasteiger partial charge in [0.25, 0.3) is 0 Å². The maximum absolute atomic E-state index is 5.73. The Morgan fingerprint density at radius 1 is 1.38 bits per heavy atom. The Kier molecular flexibility index (Phi) is 4.18. The SMILES string of the molecule is CC(N)Cc1cnc(SC2CCCC2)nc1. The Labute approximate surface area is 101 Å². The highest BCUT2D eigenvalue weighted by Crippen LogP contribution is 2.32. The lowest BCUT2D eigenvalue weighted by Gasteiger charge is -2.08. The monoisotopic (exact) mass is 237 g/mol. The predicted molar refractivity (Wildman–Crippen MR) is 67.5 cm³/mol. The standard InChI is InChI=1S/C12H19N3S/c1-9(13)6-10-7-14-12(15-8-10)16-11-4-2-3-5-11/h7-9,11H,2-6,13H2,1H3. The molecule has 0 saturated heterocycles. The summed E-state index contributed by atoms with van der Waals surface area (Å²) in [7, 11) is 0. The van der Waals surface area contributed by atoms with Crippen LogP contribution in [0.2, 0.25) is 0 Å². The Balaban J connectivity index is 1.90. The average Bonchev–Trinajstić information content (AvgIpc) is 2.73. The van der Waals surface area contributed by atoms with Crippen LogP contribution in [0.1, 0.15) is 38.2 Å². The lowest BCUT2D eigenvalue weighted by atomic mass is 10.1. The first-order chi connectivity index (χ1) is 7.74. The van der Waals surface area contributed by atoms with Crippen molar-refractivity contribution < 1.29 is 0 Å². The van der Waals surface area contributed by atoms with Crippen molar-refractivity contribution in [3.8, 4) is 0 Å². The lowest BCUT2D eigenvalue weighted by Crippen LogP contribution is -2.18. The quantitative estimate of drug-likeness (QED) is 0.817. The highest BCUT2D eigenvalue weighted by Gasteiger charge is 2.17. The number of nitrogens with zero attached hydrogens (tertiary/aromatic N) is 2. The smallest absolute Gasteiger partial charge is 0.187 e. The van der Waals surface area contributed by atoms with Crippen molar-refractivity contribution in [3.63, 3.8) is 0 Å². The zero-order chi connectivity index (χ0) is 11.4. The Hall–Kier alpha value is -0.610. The third kappa shape index (κ3) is 3.46. The molecule has 88 valence electrons. The van der Waals surface area contributed by atoms with E-state index in [0.29, 0.717) is 0 Å². The summed E-state index contributed by atoms with van der Waals surface area (Å²) in [6.07, 6.45) is 10.0. The van der Waals surface area contributed by atoms with Crippen molar-refractivity contribution in [1.29, 1.82) is 0 Å². The van der Waals surface area contributed by atoms with E-state index in [-0.39, 0.29) is 6.04 Å². The van der Waals surface area contributed by atoms with Gasteiger partial charge in [-0.2, -0.15) is 0 Å². The van der Waals surface area contributed by atoms with Crippen LogP contribution in [0.25, 0.3) is 0 Å². The van der Waals surface area contributed by atoms with Gasteiger partial charge >= 0.3 is 0 Å². The molecule has 4 heteroatoms. The van der Waals surface area contributed by atoms with Crippen LogP contribution in [-0.4, -0.2) is 21.3 Å². The number of nitrogens with two attached hydrogens (primary N) is 1. The lowest BCUT2D eigenvalue weighted by molar-refractivity contribution is 0.726. The number of aromatic nitrogens is 2. The van der Waals surface area contributed by atoms with Gasteiger partial charge in [0.2, 0.25) is 0 Å². The van der Waals surface area contributed by atoms with Gasteiger partial charge in [-0.15, -0.1) is 0 Å². The fourth-order valence-electron chi connectivity index (χ4n) is 2.04. The molecule has 1 aliphatic carbocycles.